The van der Waals surface area contributed by atoms with Gasteiger partial charge in [0.2, 0.25) is 0 Å². The number of amidine groups is 1. The molecule has 2 unspecified atom stereocenters. The molecule has 3 aliphatic heterocycles. The third-order valence-electron chi connectivity index (χ3n) is 11.3. The molecule has 4 heterocycles. The molecule has 2 atom stereocenters. The lowest BCUT2D eigenvalue weighted by Crippen LogP contribution is -2.58. The van der Waals surface area contributed by atoms with Gasteiger partial charge in [-0.15, -0.1) is 0 Å². The lowest BCUT2D eigenvalue weighted by atomic mass is 9.76. The van der Waals surface area contributed by atoms with Crippen LogP contribution in [0.4, 0.5) is 8.78 Å². The largest absolute Gasteiger partial charge is 0.382 e. The Morgan fingerprint density at radius 2 is 1.64 bits per heavy atom. The van der Waals surface area contributed by atoms with E-state index in [1.165, 1.54) is 24.3 Å². The molecule has 4 aromatic rings. The van der Waals surface area contributed by atoms with E-state index in [1.54, 1.807) is 19.2 Å². The Labute approximate surface area is 310 Å². The molecular weight excluding hydrogens is 665 g/mol. The van der Waals surface area contributed by atoms with Crippen LogP contribution in [0.3, 0.4) is 0 Å². The molecule has 4 aliphatic rings. The SMILES string of the molecule is C=C(/C=C\C(F)=C/C)C(c1ccc(F)cc1)N1CCN(C2CC(C3N(C)C(c4ccc5ccc(-c6ccccc6)nc5c4)=C4C(N)=NC=CN43)C2)CC1. The summed E-state index contributed by atoms with van der Waals surface area (Å²) in [5.74, 6) is 0.378. The molecule has 9 heteroatoms. The lowest BCUT2D eigenvalue weighted by molar-refractivity contribution is -0.0136. The summed E-state index contributed by atoms with van der Waals surface area (Å²) in [4.78, 5) is 19.3. The van der Waals surface area contributed by atoms with Gasteiger partial charge in [-0.2, -0.15) is 0 Å². The monoisotopic (exact) mass is 709 g/mol. The minimum atomic E-state index is -0.308. The second-order valence-electron chi connectivity index (χ2n) is 14.4. The van der Waals surface area contributed by atoms with Crippen LogP contribution in [0, 0.1) is 11.7 Å². The zero-order valence-electron chi connectivity index (χ0n) is 30.2. The molecule has 0 spiro atoms. The Morgan fingerprint density at radius 1 is 0.906 bits per heavy atom. The Bertz CT molecular complexity index is 2160. The number of aliphatic imine (C=N–C) groups is 1. The number of nitrogens with zero attached hydrogens (tertiary/aromatic N) is 6. The van der Waals surface area contributed by atoms with E-state index >= 15 is 0 Å². The first kappa shape index (κ1) is 34.7. The summed E-state index contributed by atoms with van der Waals surface area (Å²) in [6.45, 7) is 9.49. The molecule has 270 valence electrons. The third-order valence-corrected chi connectivity index (χ3v) is 11.3. The van der Waals surface area contributed by atoms with Gasteiger partial charge in [0.1, 0.15) is 29.3 Å². The molecule has 1 saturated heterocycles. The number of benzene rings is 3. The van der Waals surface area contributed by atoms with Crippen LogP contribution < -0.4 is 5.73 Å². The number of rotatable bonds is 9. The minimum Gasteiger partial charge on any atom is -0.382 e. The van der Waals surface area contributed by atoms with Gasteiger partial charge in [-0.05, 0) is 61.2 Å². The van der Waals surface area contributed by atoms with E-state index < -0.39 is 0 Å². The fraction of sp³-hybridized carbons (Fsp3) is 0.273. The van der Waals surface area contributed by atoms with Gasteiger partial charge in [0, 0.05) is 74.1 Å². The molecular formula is C44H45F2N7. The summed E-state index contributed by atoms with van der Waals surface area (Å²) in [6, 6.07) is 27.9. The van der Waals surface area contributed by atoms with Gasteiger partial charge in [0.05, 0.1) is 22.9 Å². The Kier molecular flexibility index (Phi) is 9.53. The fourth-order valence-electron chi connectivity index (χ4n) is 8.53. The number of aromatic nitrogens is 1. The standard InChI is InChI=1S/C44H45F2N7/c1-4-35(45)16-10-29(2)40(32-13-17-36(46)18-14-32)52-24-22-51(23-25-52)37-26-34(27-37)44-50(3)41(42-43(47)48-20-21-53(42)44)33-12-11-31-15-19-38(49-39(31)28-33)30-8-6-5-7-9-30/h4-21,28,34,37,40,44H,2,22-27H2,1,3H3,(H2,47,48)/b16-10-,35-4+. The average molecular weight is 710 g/mol. The van der Waals surface area contributed by atoms with Crippen molar-refractivity contribution in [3.05, 3.63) is 156 Å². The minimum absolute atomic E-state index is 0.123. The summed E-state index contributed by atoms with van der Waals surface area (Å²) in [5.41, 5.74) is 14.4. The molecule has 0 bridgehead atoms. The van der Waals surface area contributed by atoms with Gasteiger partial charge in [-0.3, -0.25) is 9.80 Å². The normalized spacial score (nSPS) is 23.1. The van der Waals surface area contributed by atoms with E-state index in [9.17, 15) is 8.78 Å². The highest BCUT2D eigenvalue weighted by Crippen LogP contribution is 2.46. The maximum atomic E-state index is 14.0. The molecule has 8 rings (SSSR count). The quantitative estimate of drug-likeness (QED) is 0.177. The van der Waals surface area contributed by atoms with Crippen molar-refractivity contribution in [2.75, 3.05) is 33.2 Å². The van der Waals surface area contributed by atoms with Crippen molar-refractivity contribution in [2.45, 2.75) is 38.0 Å². The molecule has 2 fully saturated rings. The molecule has 7 nitrogen and oxygen atoms in total. The number of fused-ring (bicyclic) bond motifs is 2. The van der Waals surface area contributed by atoms with Gasteiger partial charge in [-0.1, -0.05) is 79.4 Å². The average Bonchev–Trinajstić information content (AvgIpc) is 3.46. The highest BCUT2D eigenvalue weighted by atomic mass is 19.1. The van der Waals surface area contributed by atoms with Gasteiger partial charge in [-0.25, -0.2) is 18.8 Å². The van der Waals surface area contributed by atoms with E-state index in [0.717, 1.165) is 89.3 Å². The topological polar surface area (TPSA) is 64.2 Å². The molecule has 1 aliphatic carbocycles. The number of hydrogen-bond donors (Lipinski definition) is 1. The number of allylic oxidation sites excluding steroid dienone is 3. The van der Waals surface area contributed by atoms with E-state index in [4.69, 9.17) is 10.7 Å². The molecule has 0 amide bonds. The number of hydrogen-bond acceptors (Lipinski definition) is 7. The Morgan fingerprint density at radius 3 is 2.38 bits per heavy atom. The van der Waals surface area contributed by atoms with Crippen molar-refractivity contribution < 1.29 is 8.78 Å². The van der Waals surface area contributed by atoms with Crippen LogP contribution in [0.1, 0.15) is 36.9 Å². The number of piperazine rings is 1. The van der Waals surface area contributed by atoms with Crippen molar-refractivity contribution in [3.63, 3.8) is 0 Å². The zero-order chi connectivity index (χ0) is 36.6. The van der Waals surface area contributed by atoms with Crippen LogP contribution in [0.15, 0.2) is 144 Å². The van der Waals surface area contributed by atoms with Crippen LogP contribution >= 0.6 is 0 Å². The van der Waals surface area contributed by atoms with Crippen LogP contribution in [-0.4, -0.2) is 75.9 Å². The maximum Gasteiger partial charge on any atom is 0.149 e. The number of nitrogens with two attached hydrogens (primary N) is 1. The predicted octanol–water partition coefficient (Wildman–Crippen LogP) is 8.25. The highest BCUT2D eigenvalue weighted by molar-refractivity contribution is 6.05. The molecule has 0 radical (unpaired) electrons. The highest BCUT2D eigenvalue weighted by Gasteiger charge is 2.48. The van der Waals surface area contributed by atoms with Crippen LogP contribution in [0.2, 0.25) is 0 Å². The van der Waals surface area contributed by atoms with Gasteiger partial charge < -0.3 is 15.5 Å². The van der Waals surface area contributed by atoms with Crippen molar-refractivity contribution in [1.29, 1.82) is 0 Å². The van der Waals surface area contributed by atoms with Crippen LogP contribution in [-0.2, 0) is 0 Å². The second kappa shape index (κ2) is 14.6. The van der Waals surface area contributed by atoms with E-state index in [0.29, 0.717) is 17.8 Å². The molecule has 3 aromatic carbocycles. The summed E-state index contributed by atoms with van der Waals surface area (Å²) >= 11 is 0. The first-order chi connectivity index (χ1) is 25.8. The number of pyridine rings is 1. The summed E-state index contributed by atoms with van der Waals surface area (Å²) in [7, 11) is 2.18. The Hall–Kier alpha value is -5.38. The third kappa shape index (κ3) is 6.71. The van der Waals surface area contributed by atoms with Crippen LogP contribution in [0.25, 0.3) is 27.9 Å². The first-order valence-electron chi connectivity index (χ1n) is 18.4. The number of halogens is 2. The molecule has 53 heavy (non-hydrogen) atoms. The van der Waals surface area contributed by atoms with Crippen LogP contribution in [0.5, 0.6) is 0 Å². The predicted molar refractivity (Wildman–Crippen MR) is 210 cm³/mol. The van der Waals surface area contributed by atoms with Crippen molar-refractivity contribution in [2.24, 2.45) is 16.6 Å². The summed E-state index contributed by atoms with van der Waals surface area (Å²) in [6.07, 6.45) is 10.8. The first-order valence-corrected chi connectivity index (χ1v) is 18.4. The van der Waals surface area contributed by atoms with E-state index in [-0.39, 0.29) is 23.9 Å². The van der Waals surface area contributed by atoms with Crippen molar-refractivity contribution in [3.8, 4) is 11.3 Å². The fourth-order valence-corrected chi connectivity index (χ4v) is 8.53. The molecule has 1 aromatic heterocycles. The van der Waals surface area contributed by atoms with Gasteiger partial charge in [0.25, 0.3) is 0 Å². The summed E-state index contributed by atoms with van der Waals surface area (Å²) in [5, 5.41) is 1.09. The van der Waals surface area contributed by atoms with Gasteiger partial charge >= 0.3 is 0 Å². The van der Waals surface area contributed by atoms with Crippen molar-refractivity contribution >= 4 is 22.4 Å². The van der Waals surface area contributed by atoms with Crippen molar-refractivity contribution in [1.82, 2.24) is 24.6 Å². The zero-order valence-corrected chi connectivity index (χ0v) is 30.2. The second-order valence-corrected chi connectivity index (χ2v) is 14.4. The van der Waals surface area contributed by atoms with Gasteiger partial charge in [0.15, 0.2) is 0 Å². The van der Waals surface area contributed by atoms with E-state index in [2.05, 4.69) is 86.9 Å². The summed E-state index contributed by atoms with van der Waals surface area (Å²) < 4.78 is 27.8. The Balaban J connectivity index is 0.966. The lowest BCUT2D eigenvalue weighted by Gasteiger charge is -2.51. The molecule has 2 N–H and O–H groups in total. The maximum absolute atomic E-state index is 14.0. The smallest absolute Gasteiger partial charge is 0.149 e. The molecule has 1 saturated carbocycles. The van der Waals surface area contributed by atoms with E-state index in [1.807, 2.05) is 30.3 Å².